The summed E-state index contributed by atoms with van der Waals surface area (Å²) in [5, 5.41) is 3.54. The molecule has 1 atom stereocenters. The Hall–Kier alpha value is -3.13. The van der Waals surface area contributed by atoms with Crippen LogP contribution in [0.4, 0.5) is 0 Å². The molecule has 0 aromatic heterocycles. The smallest absolute Gasteiger partial charge is 0.133 e. The summed E-state index contributed by atoms with van der Waals surface area (Å²) < 4.78 is 0. The zero-order chi connectivity index (χ0) is 17.9. The minimum Gasteiger partial charge on any atom is -0.340 e. The first kappa shape index (κ1) is 16.3. The summed E-state index contributed by atoms with van der Waals surface area (Å²) in [6, 6.07) is 27.5. The van der Waals surface area contributed by atoms with E-state index in [0.29, 0.717) is 0 Å². The topological polar surface area (TPSA) is 24.4 Å². The highest BCUT2D eigenvalue weighted by atomic mass is 15.0. The zero-order valence-corrected chi connectivity index (χ0v) is 15.1. The molecule has 3 aromatic carbocycles. The molecule has 0 bridgehead atoms. The average molecular weight is 338 g/mol. The molecule has 0 saturated heterocycles. The van der Waals surface area contributed by atoms with E-state index in [9.17, 15) is 0 Å². The van der Waals surface area contributed by atoms with Crippen LogP contribution in [0.1, 0.15) is 33.9 Å². The van der Waals surface area contributed by atoms with Crippen molar-refractivity contribution < 1.29 is 0 Å². The molecule has 128 valence electrons. The van der Waals surface area contributed by atoms with Gasteiger partial charge < -0.3 is 5.32 Å². The van der Waals surface area contributed by atoms with E-state index in [1.165, 1.54) is 22.3 Å². The van der Waals surface area contributed by atoms with Gasteiger partial charge in [0.05, 0.1) is 6.04 Å². The van der Waals surface area contributed by atoms with Crippen LogP contribution in [0.3, 0.4) is 0 Å². The number of rotatable bonds is 3. The molecule has 0 radical (unpaired) electrons. The summed E-state index contributed by atoms with van der Waals surface area (Å²) >= 11 is 0. The molecule has 3 aromatic rings. The van der Waals surface area contributed by atoms with Gasteiger partial charge in [-0.2, -0.15) is 0 Å². The van der Waals surface area contributed by atoms with Gasteiger partial charge >= 0.3 is 0 Å². The summed E-state index contributed by atoms with van der Waals surface area (Å²) in [7, 11) is 0. The molecule has 0 spiro atoms. The van der Waals surface area contributed by atoms with Crippen molar-refractivity contribution in [3.05, 3.63) is 113 Å². The first-order chi connectivity index (χ1) is 12.7. The van der Waals surface area contributed by atoms with Gasteiger partial charge in [0.15, 0.2) is 0 Å². The third-order valence-electron chi connectivity index (χ3n) is 4.64. The second-order valence-electron chi connectivity index (χ2n) is 6.77. The molecule has 0 aliphatic carbocycles. The standard InChI is InChI=1S/C24H22N2/c1-17-11-13-20(14-12-17)23-16-22(19-8-4-3-5-9-19)25-24(26-23)21-10-6-7-18(2)15-21/h3-16,23H,1-2H3,(H,25,26). The summed E-state index contributed by atoms with van der Waals surface area (Å²) in [6.07, 6.45) is 2.21. The van der Waals surface area contributed by atoms with Crippen LogP contribution in [0.2, 0.25) is 0 Å². The number of aryl methyl sites for hydroxylation is 2. The van der Waals surface area contributed by atoms with Gasteiger partial charge in [-0.3, -0.25) is 4.99 Å². The fourth-order valence-corrected chi connectivity index (χ4v) is 3.20. The van der Waals surface area contributed by atoms with Crippen LogP contribution in [0.25, 0.3) is 5.70 Å². The van der Waals surface area contributed by atoms with Crippen molar-refractivity contribution in [2.24, 2.45) is 4.99 Å². The fourth-order valence-electron chi connectivity index (χ4n) is 3.20. The summed E-state index contributed by atoms with van der Waals surface area (Å²) in [5.74, 6) is 0.917. The van der Waals surface area contributed by atoms with Crippen LogP contribution in [-0.4, -0.2) is 5.84 Å². The lowest BCUT2D eigenvalue weighted by atomic mass is 10.00. The Morgan fingerprint density at radius 2 is 1.46 bits per heavy atom. The third-order valence-corrected chi connectivity index (χ3v) is 4.64. The Kier molecular flexibility index (Phi) is 4.40. The van der Waals surface area contributed by atoms with Gasteiger partial charge in [0, 0.05) is 11.3 Å². The van der Waals surface area contributed by atoms with E-state index in [-0.39, 0.29) is 6.04 Å². The summed E-state index contributed by atoms with van der Waals surface area (Å²) in [5.41, 5.74) is 7.08. The number of aliphatic imine (C=N–C) groups is 1. The van der Waals surface area contributed by atoms with Gasteiger partial charge in [0.2, 0.25) is 0 Å². The highest BCUT2D eigenvalue weighted by Crippen LogP contribution is 2.28. The van der Waals surface area contributed by atoms with E-state index in [4.69, 9.17) is 4.99 Å². The Morgan fingerprint density at radius 3 is 2.19 bits per heavy atom. The highest BCUT2D eigenvalue weighted by molar-refractivity contribution is 6.04. The highest BCUT2D eigenvalue weighted by Gasteiger charge is 2.19. The second kappa shape index (κ2) is 7.01. The number of nitrogens with zero attached hydrogens (tertiary/aromatic N) is 1. The van der Waals surface area contributed by atoms with E-state index in [0.717, 1.165) is 17.1 Å². The molecule has 1 aliphatic rings. The van der Waals surface area contributed by atoms with Crippen LogP contribution < -0.4 is 5.32 Å². The van der Waals surface area contributed by atoms with E-state index in [2.05, 4.69) is 98.0 Å². The van der Waals surface area contributed by atoms with Crippen molar-refractivity contribution >= 4 is 11.5 Å². The molecule has 2 nitrogen and oxygen atoms in total. The maximum atomic E-state index is 5.00. The molecule has 1 unspecified atom stereocenters. The van der Waals surface area contributed by atoms with Gasteiger partial charge in [0.25, 0.3) is 0 Å². The van der Waals surface area contributed by atoms with Crippen molar-refractivity contribution in [3.63, 3.8) is 0 Å². The van der Waals surface area contributed by atoms with Gasteiger partial charge in [-0.05, 0) is 37.1 Å². The number of nitrogens with one attached hydrogen (secondary N) is 1. The lowest BCUT2D eigenvalue weighted by molar-refractivity contribution is 0.879. The molecular formula is C24H22N2. The van der Waals surface area contributed by atoms with Crippen molar-refractivity contribution in [3.8, 4) is 0 Å². The SMILES string of the molecule is Cc1ccc(C2C=C(c3ccccc3)NC(c3cccc(C)c3)=N2)cc1. The Labute approximate surface area is 154 Å². The van der Waals surface area contributed by atoms with Crippen molar-refractivity contribution in [1.82, 2.24) is 5.32 Å². The summed E-state index contributed by atoms with van der Waals surface area (Å²) in [4.78, 5) is 5.00. The van der Waals surface area contributed by atoms with E-state index >= 15 is 0 Å². The van der Waals surface area contributed by atoms with Crippen LogP contribution in [0.5, 0.6) is 0 Å². The maximum Gasteiger partial charge on any atom is 0.133 e. The monoisotopic (exact) mass is 338 g/mol. The zero-order valence-electron chi connectivity index (χ0n) is 15.1. The molecule has 1 aliphatic heterocycles. The first-order valence-corrected chi connectivity index (χ1v) is 8.95. The van der Waals surface area contributed by atoms with Gasteiger partial charge in [-0.25, -0.2) is 0 Å². The van der Waals surface area contributed by atoms with Crippen LogP contribution in [-0.2, 0) is 0 Å². The molecular weight excluding hydrogens is 316 g/mol. The molecule has 1 heterocycles. The predicted molar refractivity (Wildman–Crippen MR) is 109 cm³/mol. The number of amidine groups is 1. The quantitative estimate of drug-likeness (QED) is 0.676. The van der Waals surface area contributed by atoms with Crippen LogP contribution >= 0.6 is 0 Å². The maximum absolute atomic E-state index is 5.00. The Morgan fingerprint density at radius 1 is 0.731 bits per heavy atom. The lowest BCUT2D eigenvalue weighted by Crippen LogP contribution is -2.27. The number of hydrogen-bond acceptors (Lipinski definition) is 2. The lowest BCUT2D eigenvalue weighted by Gasteiger charge is -2.23. The van der Waals surface area contributed by atoms with Crippen LogP contribution in [0, 0.1) is 13.8 Å². The molecule has 0 saturated carbocycles. The minimum absolute atomic E-state index is 0.00238. The predicted octanol–water partition coefficient (Wildman–Crippen LogP) is 5.44. The van der Waals surface area contributed by atoms with Crippen LogP contribution in [0.15, 0.2) is 89.9 Å². The van der Waals surface area contributed by atoms with Crippen molar-refractivity contribution in [2.45, 2.75) is 19.9 Å². The number of benzene rings is 3. The molecule has 0 fully saturated rings. The van der Waals surface area contributed by atoms with E-state index in [1.807, 2.05) is 6.07 Å². The largest absolute Gasteiger partial charge is 0.340 e. The molecule has 26 heavy (non-hydrogen) atoms. The van der Waals surface area contributed by atoms with Gasteiger partial charge in [-0.1, -0.05) is 83.9 Å². The molecule has 2 heteroatoms. The molecule has 1 N–H and O–H groups in total. The third kappa shape index (κ3) is 3.45. The second-order valence-corrected chi connectivity index (χ2v) is 6.77. The van der Waals surface area contributed by atoms with E-state index < -0.39 is 0 Å². The summed E-state index contributed by atoms with van der Waals surface area (Å²) in [6.45, 7) is 4.22. The molecule has 4 rings (SSSR count). The van der Waals surface area contributed by atoms with Gasteiger partial charge in [0.1, 0.15) is 5.84 Å². The minimum atomic E-state index is 0.00238. The Bertz CT molecular complexity index is 967. The van der Waals surface area contributed by atoms with E-state index in [1.54, 1.807) is 0 Å². The number of hydrogen-bond donors (Lipinski definition) is 1. The average Bonchev–Trinajstić information content (AvgIpc) is 2.69. The fraction of sp³-hybridized carbons (Fsp3) is 0.125. The normalized spacial score (nSPS) is 16.5. The van der Waals surface area contributed by atoms with Crippen molar-refractivity contribution in [1.29, 1.82) is 0 Å². The van der Waals surface area contributed by atoms with Crippen molar-refractivity contribution in [2.75, 3.05) is 0 Å². The molecule has 0 amide bonds. The first-order valence-electron chi connectivity index (χ1n) is 8.95. The Balaban J connectivity index is 1.78. The van der Waals surface area contributed by atoms with Gasteiger partial charge in [-0.15, -0.1) is 0 Å².